The average Bonchev–Trinajstić information content (AvgIpc) is 2.50. The molecule has 0 saturated heterocycles. The molecule has 1 N–H and O–H groups in total. The van der Waals surface area contributed by atoms with Gasteiger partial charge in [0.2, 0.25) is 0 Å². The number of hydrogen-bond donors (Lipinski definition) is 1. The first-order valence-electron chi connectivity index (χ1n) is 9.60. The number of carboxylic acid groups (broad SMARTS) is 1. The van der Waals surface area contributed by atoms with Crippen LogP contribution in [-0.2, 0) is 4.79 Å². The lowest BCUT2D eigenvalue weighted by Crippen LogP contribution is -1.99. The molecule has 0 aromatic heterocycles. The summed E-state index contributed by atoms with van der Waals surface area (Å²) in [7, 11) is 0. The molecule has 0 heterocycles. The molecule has 0 bridgehead atoms. The first-order chi connectivity index (χ1) is 10.7. The number of rotatable bonds is 16. The standard InChI is InChI=1S/C20H38O2/c1-3-5-6-7-8-10-13-16-19(4-2)17-14-11-9-12-15-18-20(21)22/h15,18-19H,3-14,16-17H2,1-2H3,(H,21,22). The number of carboxylic acids is 1. The van der Waals surface area contributed by atoms with Crippen LogP contribution in [0.25, 0.3) is 0 Å². The topological polar surface area (TPSA) is 37.3 Å². The lowest BCUT2D eigenvalue weighted by molar-refractivity contribution is -0.131. The average molecular weight is 311 g/mol. The predicted molar refractivity (Wildman–Crippen MR) is 96.3 cm³/mol. The Morgan fingerprint density at radius 1 is 0.864 bits per heavy atom. The minimum atomic E-state index is -0.833. The van der Waals surface area contributed by atoms with E-state index in [2.05, 4.69) is 13.8 Å². The maximum Gasteiger partial charge on any atom is 0.327 e. The van der Waals surface area contributed by atoms with Crippen molar-refractivity contribution in [2.45, 2.75) is 104 Å². The van der Waals surface area contributed by atoms with Gasteiger partial charge < -0.3 is 5.11 Å². The van der Waals surface area contributed by atoms with Crippen molar-refractivity contribution in [3.05, 3.63) is 12.2 Å². The Balaban J connectivity index is 3.41. The molecule has 0 saturated carbocycles. The molecule has 2 nitrogen and oxygen atoms in total. The van der Waals surface area contributed by atoms with Crippen LogP contribution in [0.5, 0.6) is 0 Å². The molecule has 1 unspecified atom stereocenters. The van der Waals surface area contributed by atoms with Gasteiger partial charge in [-0.25, -0.2) is 4.79 Å². The molecule has 0 aliphatic carbocycles. The summed E-state index contributed by atoms with van der Waals surface area (Å²) in [5.41, 5.74) is 0. The van der Waals surface area contributed by atoms with E-state index < -0.39 is 5.97 Å². The molecule has 130 valence electrons. The Hall–Kier alpha value is -0.790. The Labute approximate surface area is 138 Å². The minimum Gasteiger partial charge on any atom is -0.478 e. The lowest BCUT2D eigenvalue weighted by atomic mass is 9.92. The molecule has 0 aromatic carbocycles. The summed E-state index contributed by atoms with van der Waals surface area (Å²) in [6.45, 7) is 4.59. The fourth-order valence-corrected chi connectivity index (χ4v) is 3.00. The van der Waals surface area contributed by atoms with Crippen molar-refractivity contribution in [2.24, 2.45) is 5.92 Å². The summed E-state index contributed by atoms with van der Waals surface area (Å²) in [4.78, 5) is 10.3. The predicted octanol–water partition coefficient (Wildman–Crippen LogP) is 6.74. The van der Waals surface area contributed by atoms with Gasteiger partial charge in [-0.3, -0.25) is 0 Å². The van der Waals surface area contributed by atoms with E-state index >= 15 is 0 Å². The van der Waals surface area contributed by atoms with Gasteiger partial charge in [0.25, 0.3) is 0 Å². The summed E-state index contributed by atoms with van der Waals surface area (Å²) in [6, 6.07) is 0. The highest BCUT2D eigenvalue weighted by atomic mass is 16.4. The second-order valence-electron chi connectivity index (χ2n) is 6.56. The number of carbonyl (C=O) groups is 1. The number of allylic oxidation sites excluding steroid dienone is 1. The van der Waals surface area contributed by atoms with Gasteiger partial charge in [-0.05, 0) is 18.8 Å². The molecule has 0 aliphatic heterocycles. The maximum atomic E-state index is 10.3. The highest BCUT2D eigenvalue weighted by Crippen LogP contribution is 2.21. The van der Waals surface area contributed by atoms with Crippen LogP contribution in [0.1, 0.15) is 104 Å². The SMILES string of the molecule is CCCCCCCCCC(CC)CCCCCC=CC(=O)O. The van der Waals surface area contributed by atoms with Crippen molar-refractivity contribution in [2.75, 3.05) is 0 Å². The summed E-state index contributed by atoms with van der Waals surface area (Å²) in [5.74, 6) is 0.0749. The first-order valence-corrected chi connectivity index (χ1v) is 9.60. The number of aliphatic carboxylic acids is 1. The van der Waals surface area contributed by atoms with E-state index in [0.29, 0.717) is 0 Å². The van der Waals surface area contributed by atoms with E-state index in [4.69, 9.17) is 5.11 Å². The Morgan fingerprint density at radius 2 is 1.41 bits per heavy atom. The van der Waals surface area contributed by atoms with Gasteiger partial charge in [0.1, 0.15) is 0 Å². The quantitative estimate of drug-likeness (QED) is 0.253. The van der Waals surface area contributed by atoms with Crippen molar-refractivity contribution >= 4 is 5.97 Å². The van der Waals surface area contributed by atoms with Crippen molar-refractivity contribution in [1.29, 1.82) is 0 Å². The molecule has 1 atom stereocenters. The van der Waals surface area contributed by atoms with Gasteiger partial charge in [-0.15, -0.1) is 0 Å². The van der Waals surface area contributed by atoms with Gasteiger partial charge in [-0.1, -0.05) is 97.0 Å². The maximum absolute atomic E-state index is 10.3. The second-order valence-corrected chi connectivity index (χ2v) is 6.56. The van der Waals surface area contributed by atoms with Crippen molar-refractivity contribution in [1.82, 2.24) is 0 Å². The molecule has 0 aromatic rings. The second kappa shape index (κ2) is 16.6. The highest BCUT2D eigenvalue weighted by molar-refractivity contribution is 5.79. The summed E-state index contributed by atoms with van der Waals surface area (Å²) < 4.78 is 0. The van der Waals surface area contributed by atoms with E-state index in [1.165, 1.54) is 83.1 Å². The fourth-order valence-electron chi connectivity index (χ4n) is 3.00. The van der Waals surface area contributed by atoms with Crippen LogP contribution >= 0.6 is 0 Å². The molecule has 0 fully saturated rings. The van der Waals surface area contributed by atoms with Crippen LogP contribution in [-0.4, -0.2) is 11.1 Å². The van der Waals surface area contributed by atoms with E-state index in [1.807, 2.05) is 0 Å². The van der Waals surface area contributed by atoms with Crippen LogP contribution < -0.4 is 0 Å². The zero-order valence-corrected chi connectivity index (χ0v) is 15.0. The van der Waals surface area contributed by atoms with E-state index in [0.717, 1.165) is 18.8 Å². The molecule has 0 amide bonds. The van der Waals surface area contributed by atoms with Gasteiger partial charge in [-0.2, -0.15) is 0 Å². The summed E-state index contributed by atoms with van der Waals surface area (Å²) in [5, 5.41) is 8.50. The van der Waals surface area contributed by atoms with Crippen molar-refractivity contribution < 1.29 is 9.90 Å². The van der Waals surface area contributed by atoms with Crippen molar-refractivity contribution in [3.8, 4) is 0 Å². The van der Waals surface area contributed by atoms with Crippen LogP contribution in [0.4, 0.5) is 0 Å². The normalized spacial score (nSPS) is 12.8. The Morgan fingerprint density at radius 3 is 1.95 bits per heavy atom. The minimum absolute atomic E-state index is 0.833. The third kappa shape index (κ3) is 15.6. The van der Waals surface area contributed by atoms with Gasteiger partial charge in [0.05, 0.1) is 0 Å². The molecule has 0 rings (SSSR count). The van der Waals surface area contributed by atoms with Crippen LogP contribution in [0.15, 0.2) is 12.2 Å². The third-order valence-corrected chi connectivity index (χ3v) is 4.54. The number of unbranched alkanes of at least 4 members (excludes halogenated alkanes) is 9. The highest BCUT2D eigenvalue weighted by Gasteiger charge is 2.05. The van der Waals surface area contributed by atoms with Crippen LogP contribution in [0.2, 0.25) is 0 Å². The summed E-state index contributed by atoms with van der Waals surface area (Å²) >= 11 is 0. The molecule has 0 aliphatic rings. The molecule has 22 heavy (non-hydrogen) atoms. The zero-order chi connectivity index (χ0) is 16.5. The largest absolute Gasteiger partial charge is 0.478 e. The zero-order valence-electron chi connectivity index (χ0n) is 15.0. The first kappa shape index (κ1) is 21.2. The van der Waals surface area contributed by atoms with Crippen molar-refractivity contribution in [3.63, 3.8) is 0 Å². The van der Waals surface area contributed by atoms with Crippen LogP contribution in [0, 0.1) is 5.92 Å². The van der Waals surface area contributed by atoms with Gasteiger partial charge in [0, 0.05) is 6.08 Å². The molecular formula is C20H38O2. The van der Waals surface area contributed by atoms with E-state index in [1.54, 1.807) is 6.08 Å². The Bertz CT molecular complexity index is 271. The van der Waals surface area contributed by atoms with Gasteiger partial charge in [0.15, 0.2) is 0 Å². The Kier molecular flexibility index (Phi) is 16.0. The van der Waals surface area contributed by atoms with E-state index in [-0.39, 0.29) is 0 Å². The van der Waals surface area contributed by atoms with Gasteiger partial charge >= 0.3 is 5.97 Å². The summed E-state index contributed by atoms with van der Waals surface area (Å²) in [6.07, 6.45) is 21.5. The molecule has 0 radical (unpaired) electrons. The molecule has 0 spiro atoms. The van der Waals surface area contributed by atoms with Crippen LogP contribution in [0.3, 0.4) is 0 Å². The number of hydrogen-bond acceptors (Lipinski definition) is 1. The third-order valence-electron chi connectivity index (χ3n) is 4.54. The van der Waals surface area contributed by atoms with E-state index in [9.17, 15) is 4.79 Å². The lowest BCUT2D eigenvalue weighted by Gasteiger charge is -2.14. The smallest absolute Gasteiger partial charge is 0.327 e. The molecule has 2 heteroatoms. The fraction of sp³-hybridized carbons (Fsp3) is 0.850. The monoisotopic (exact) mass is 310 g/mol. The molecular weight excluding hydrogens is 272 g/mol.